The SMILES string of the molecule is O=C(c1ccc(NN2CCCCC2)c(O)c1)N1CCCC1. The van der Waals surface area contributed by atoms with Gasteiger partial charge in [-0.15, -0.1) is 0 Å². The van der Waals surface area contributed by atoms with E-state index in [9.17, 15) is 9.90 Å². The lowest BCUT2D eigenvalue weighted by Gasteiger charge is -2.28. The van der Waals surface area contributed by atoms with E-state index in [2.05, 4.69) is 10.4 Å². The molecule has 0 radical (unpaired) electrons. The second-order valence-electron chi connectivity index (χ2n) is 5.89. The van der Waals surface area contributed by atoms with Crippen molar-refractivity contribution >= 4 is 11.6 Å². The van der Waals surface area contributed by atoms with Crippen molar-refractivity contribution in [2.75, 3.05) is 31.6 Å². The van der Waals surface area contributed by atoms with Crippen molar-refractivity contribution < 1.29 is 9.90 Å². The maximum atomic E-state index is 12.3. The number of anilines is 1. The summed E-state index contributed by atoms with van der Waals surface area (Å²) in [6.45, 7) is 3.64. The molecular formula is C16H23N3O2. The Morgan fingerprint density at radius 3 is 2.33 bits per heavy atom. The van der Waals surface area contributed by atoms with E-state index in [0.29, 0.717) is 11.3 Å². The van der Waals surface area contributed by atoms with Gasteiger partial charge in [0.15, 0.2) is 0 Å². The highest BCUT2D eigenvalue weighted by Crippen LogP contribution is 2.26. The largest absolute Gasteiger partial charge is 0.506 e. The molecular weight excluding hydrogens is 266 g/mol. The molecule has 1 amide bonds. The predicted molar refractivity (Wildman–Crippen MR) is 82.3 cm³/mol. The van der Waals surface area contributed by atoms with Crippen molar-refractivity contribution in [2.24, 2.45) is 0 Å². The highest BCUT2D eigenvalue weighted by atomic mass is 16.3. The van der Waals surface area contributed by atoms with Crippen molar-refractivity contribution in [3.05, 3.63) is 23.8 Å². The minimum atomic E-state index is 0.0207. The summed E-state index contributed by atoms with van der Waals surface area (Å²) >= 11 is 0. The summed E-state index contributed by atoms with van der Waals surface area (Å²) in [6, 6.07) is 5.17. The fourth-order valence-electron chi connectivity index (χ4n) is 3.04. The number of phenols is 1. The normalized spacial score (nSPS) is 19.7. The van der Waals surface area contributed by atoms with E-state index in [4.69, 9.17) is 0 Å². The number of nitrogens with zero attached hydrogens (tertiary/aromatic N) is 2. The maximum Gasteiger partial charge on any atom is 0.253 e. The van der Waals surface area contributed by atoms with Gasteiger partial charge in [0.05, 0.1) is 5.69 Å². The molecule has 2 heterocycles. The van der Waals surface area contributed by atoms with Gasteiger partial charge in [0.1, 0.15) is 5.75 Å². The molecule has 2 saturated heterocycles. The van der Waals surface area contributed by atoms with Crippen molar-refractivity contribution in [1.29, 1.82) is 0 Å². The fraction of sp³-hybridized carbons (Fsp3) is 0.562. The minimum absolute atomic E-state index is 0.0207. The zero-order valence-electron chi connectivity index (χ0n) is 12.3. The van der Waals surface area contributed by atoms with Crippen LogP contribution in [0.2, 0.25) is 0 Å². The number of carbonyl (C=O) groups is 1. The number of benzene rings is 1. The van der Waals surface area contributed by atoms with Gasteiger partial charge >= 0.3 is 0 Å². The summed E-state index contributed by atoms with van der Waals surface area (Å²) in [6.07, 6.45) is 5.78. The Kier molecular flexibility index (Phi) is 4.29. The van der Waals surface area contributed by atoms with Gasteiger partial charge in [0.2, 0.25) is 0 Å². The highest BCUT2D eigenvalue weighted by molar-refractivity contribution is 5.95. The summed E-state index contributed by atoms with van der Waals surface area (Å²) in [5.41, 5.74) is 4.49. The Labute approximate surface area is 125 Å². The Morgan fingerprint density at radius 1 is 1.00 bits per heavy atom. The van der Waals surface area contributed by atoms with Gasteiger partial charge in [-0.1, -0.05) is 6.42 Å². The fourth-order valence-corrected chi connectivity index (χ4v) is 3.04. The molecule has 2 N–H and O–H groups in total. The van der Waals surface area contributed by atoms with Gasteiger partial charge in [-0.2, -0.15) is 0 Å². The van der Waals surface area contributed by atoms with Gasteiger partial charge in [-0.05, 0) is 43.9 Å². The number of amides is 1. The molecule has 0 aliphatic carbocycles. The van der Waals surface area contributed by atoms with E-state index in [-0.39, 0.29) is 11.7 Å². The Hall–Kier alpha value is -1.75. The molecule has 0 bridgehead atoms. The van der Waals surface area contributed by atoms with E-state index in [1.807, 2.05) is 4.90 Å². The molecule has 114 valence electrons. The number of nitrogens with one attached hydrogen (secondary N) is 1. The number of likely N-dealkylation sites (tertiary alicyclic amines) is 1. The molecule has 1 aromatic rings. The van der Waals surface area contributed by atoms with E-state index in [0.717, 1.165) is 39.0 Å². The molecule has 0 saturated carbocycles. The van der Waals surface area contributed by atoms with Crippen molar-refractivity contribution in [1.82, 2.24) is 9.91 Å². The van der Waals surface area contributed by atoms with Crippen LogP contribution in [-0.4, -0.2) is 47.1 Å². The molecule has 2 aliphatic rings. The van der Waals surface area contributed by atoms with Gasteiger partial charge in [0, 0.05) is 31.7 Å². The summed E-state index contributed by atoms with van der Waals surface area (Å²) in [7, 11) is 0. The average molecular weight is 289 g/mol. The first-order chi connectivity index (χ1) is 10.2. The molecule has 0 unspecified atom stereocenters. The van der Waals surface area contributed by atoms with Crippen LogP contribution < -0.4 is 5.43 Å². The third-order valence-corrected chi connectivity index (χ3v) is 4.27. The molecule has 5 heteroatoms. The molecule has 2 fully saturated rings. The zero-order valence-corrected chi connectivity index (χ0v) is 12.3. The van der Waals surface area contributed by atoms with E-state index in [1.165, 1.54) is 19.3 Å². The zero-order chi connectivity index (χ0) is 14.7. The van der Waals surface area contributed by atoms with Gasteiger partial charge < -0.3 is 15.4 Å². The molecule has 2 aliphatic heterocycles. The lowest BCUT2D eigenvalue weighted by atomic mass is 10.1. The number of piperidine rings is 1. The number of hydrogen-bond acceptors (Lipinski definition) is 4. The monoisotopic (exact) mass is 289 g/mol. The standard InChI is InChI=1S/C16H23N3O2/c20-15-12-13(16(21)18-8-4-5-9-18)6-7-14(15)17-19-10-2-1-3-11-19/h6-7,12,17,20H,1-5,8-11H2. The topological polar surface area (TPSA) is 55.8 Å². The summed E-state index contributed by atoms with van der Waals surface area (Å²) in [5, 5.41) is 12.3. The van der Waals surface area contributed by atoms with Crippen molar-refractivity contribution in [3.63, 3.8) is 0 Å². The minimum Gasteiger partial charge on any atom is -0.506 e. The average Bonchev–Trinajstić information content (AvgIpc) is 3.04. The number of hydrazine groups is 1. The summed E-state index contributed by atoms with van der Waals surface area (Å²) in [5.74, 6) is 0.165. The predicted octanol–water partition coefficient (Wildman–Crippen LogP) is 2.44. The highest BCUT2D eigenvalue weighted by Gasteiger charge is 2.20. The van der Waals surface area contributed by atoms with Crippen LogP contribution in [0.1, 0.15) is 42.5 Å². The summed E-state index contributed by atoms with van der Waals surface area (Å²) in [4.78, 5) is 14.1. The van der Waals surface area contributed by atoms with Crippen LogP contribution in [0.15, 0.2) is 18.2 Å². The van der Waals surface area contributed by atoms with Crippen LogP contribution in [0.4, 0.5) is 5.69 Å². The van der Waals surface area contributed by atoms with E-state index < -0.39 is 0 Å². The number of carbonyl (C=O) groups excluding carboxylic acids is 1. The number of phenolic OH excluding ortho intramolecular Hbond substituents is 1. The number of hydrogen-bond donors (Lipinski definition) is 2. The molecule has 5 nitrogen and oxygen atoms in total. The van der Waals surface area contributed by atoms with Crippen LogP contribution in [-0.2, 0) is 0 Å². The Morgan fingerprint density at radius 2 is 1.67 bits per heavy atom. The second-order valence-corrected chi connectivity index (χ2v) is 5.89. The van der Waals surface area contributed by atoms with Crippen LogP contribution in [0.5, 0.6) is 5.75 Å². The lowest BCUT2D eigenvalue weighted by Crippen LogP contribution is -2.34. The Balaban J connectivity index is 1.68. The van der Waals surface area contributed by atoms with E-state index in [1.54, 1.807) is 18.2 Å². The lowest BCUT2D eigenvalue weighted by molar-refractivity contribution is 0.0792. The van der Waals surface area contributed by atoms with Gasteiger partial charge in [-0.25, -0.2) is 5.01 Å². The van der Waals surface area contributed by atoms with Gasteiger partial charge in [-0.3, -0.25) is 4.79 Å². The third-order valence-electron chi connectivity index (χ3n) is 4.27. The second kappa shape index (κ2) is 6.35. The molecule has 0 atom stereocenters. The summed E-state index contributed by atoms with van der Waals surface area (Å²) < 4.78 is 0. The first kappa shape index (κ1) is 14.2. The quantitative estimate of drug-likeness (QED) is 0.839. The first-order valence-electron chi connectivity index (χ1n) is 7.88. The molecule has 0 aromatic heterocycles. The van der Waals surface area contributed by atoms with Crippen molar-refractivity contribution in [2.45, 2.75) is 32.1 Å². The molecule has 21 heavy (non-hydrogen) atoms. The van der Waals surface area contributed by atoms with Gasteiger partial charge in [0.25, 0.3) is 5.91 Å². The third kappa shape index (κ3) is 3.29. The molecule has 3 rings (SSSR count). The molecule has 1 aromatic carbocycles. The number of aromatic hydroxyl groups is 1. The number of rotatable bonds is 3. The Bertz CT molecular complexity index is 506. The van der Waals surface area contributed by atoms with E-state index >= 15 is 0 Å². The molecule has 0 spiro atoms. The van der Waals surface area contributed by atoms with Crippen LogP contribution in [0, 0.1) is 0 Å². The first-order valence-corrected chi connectivity index (χ1v) is 7.88. The van der Waals surface area contributed by atoms with Crippen LogP contribution in [0.3, 0.4) is 0 Å². The van der Waals surface area contributed by atoms with Crippen molar-refractivity contribution in [3.8, 4) is 5.75 Å². The maximum absolute atomic E-state index is 12.3. The van der Waals surface area contributed by atoms with Crippen LogP contribution >= 0.6 is 0 Å². The van der Waals surface area contributed by atoms with Crippen LogP contribution in [0.25, 0.3) is 0 Å². The smallest absolute Gasteiger partial charge is 0.253 e.